The van der Waals surface area contributed by atoms with Crippen molar-refractivity contribution in [3.8, 4) is 0 Å². The van der Waals surface area contributed by atoms with E-state index in [0.717, 1.165) is 39.0 Å². The fourth-order valence-corrected chi connectivity index (χ4v) is 2.25. The van der Waals surface area contributed by atoms with E-state index in [0.29, 0.717) is 11.9 Å². The van der Waals surface area contributed by atoms with E-state index in [2.05, 4.69) is 5.32 Å². The van der Waals surface area contributed by atoms with Gasteiger partial charge in [-0.3, -0.25) is 4.79 Å². The molecule has 0 radical (unpaired) electrons. The van der Waals surface area contributed by atoms with Crippen LogP contribution >= 0.6 is 0 Å². The number of piperidine rings is 1. The van der Waals surface area contributed by atoms with Gasteiger partial charge in [0.25, 0.3) is 0 Å². The Kier molecular flexibility index (Phi) is 4.18. The zero-order valence-corrected chi connectivity index (χ0v) is 10.1. The molecule has 4 nitrogen and oxygen atoms in total. The second-order valence-corrected chi connectivity index (χ2v) is 4.81. The Morgan fingerprint density at radius 2 is 2.25 bits per heavy atom. The van der Waals surface area contributed by atoms with Crippen molar-refractivity contribution in [3.63, 3.8) is 0 Å². The maximum atomic E-state index is 12.1. The summed E-state index contributed by atoms with van der Waals surface area (Å²) in [6.07, 6.45) is 5.57. The van der Waals surface area contributed by atoms with Crippen LogP contribution in [-0.2, 0) is 9.53 Å². The zero-order valence-electron chi connectivity index (χ0n) is 10.1. The molecule has 1 saturated heterocycles. The van der Waals surface area contributed by atoms with E-state index in [1.54, 1.807) is 7.11 Å². The molecule has 1 aliphatic carbocycles. The quantitative estimate of drug-likeness (QED) is 0.680. The van der Waals surface area contributed by atoms with Crippen LogP contribution in [0.25, 0.3) is 0 Å². The van der Waals surface area contributed by atoms with Crippen LogP contribution in [0.3, 0.4) is 0 Å². The van der Waals surface area contributed by atoms with Gasteiger partial charge in [0, 0.05) is 32.8 Å². The van der Waals surface area contributed by atoms with E-state index in [1.807, 2.05) is 4.90 Å². The third-order valence-corrected chi connectivity index (χ3v) is 3.32. The maximum Gasteiger partial charge on any atom is 0.239 e. The first kappa shape index (κ1) is 11.9. The molecular weight excluding hydrogens is 204 g/mol. The number of hydrogen-bond acceptors (Lipinski definition) is 3. The summed E-state index contributed by atoms with van der Waals surface area (Å²) in [5, 5.41) is 3.44. The fourth-order valence-electron chi connectivity index (χ4n) is 2.25. The monoisotopic (exact) mass is 226 g/mol. The lowest BCUT2D eigenvalue weighted by molar-refractivity contribution is -0.136. The fraction of sp³-hybridized carbons (Fsp3) is 0.917. The molecule has 4 heteroatoms. The van der Waals surface area contributed by atoms with Gasteiger partial charge in [-0.2, -0.15) is 0 Å². The van der Waals surface area contributed by atoms with Crippen LogP contribution in [0.15, 0.2) is 0 Å². The smallest absolute Gasteiger partial charge is 0.239 e. The normalized spacial score (nSPS) is 26.2. The number of ether oxygens (including phenoxy) is 1. The molecule has 1 atom stereocenters. The molecule has 0 aromatic carbocycles. The Morgan fingerprint density at radius 3 is 2.94 bits per heavy atom. The minimum atomic E-state index is 0.0868. The number of hydrogen-bond donors (Lipinski definition) is 1. The minimum absolute atomic E-state index is 0.0868. The van der Waals surface area contributed by atoms with Gasteiger partial charge in [-0.25, -0.2) is 0 Å². The first-order valence-corrected chi connectivity index (χ1v) is 6.35. The summed E-state index contributed by atoms with van der Waals surface area (Å²) in [4.78, 5) is 14.1. The molecule has 1 saturated carbocycles. The largest absolute Gasteiger partial charge is 0.385 e. The third-order valence-electron chi connectivity index (χ3n) is 3.32. The Bertz CT molecular complexity index is 241. The molecule has 1 amide bonds. The molecule has 0 bridgehead atoms. The van der Waals surface area contributed by atoms with Crippen molar-refractivity contribution in [1.82, 2.24) is 10.2 Å². The van der Waals surface area contributed by atoms with Crippen molar-refractivity contribution in [3.05, 3.63) is 0 Å². The van der Waals surface area contributed by atoms with Crippen LogP contribution in [0, 0.1) is 0 Å². The Labute approximate surface area is 97.3 Å². The van der Waals surface area contributed by atoms with Gasteiger partial charge in [0.15, 0.2) is 0 Å². The number of carbonyl (C=O) groups excluding carboxylic acids is 1. The minimum Gasteiger partial charge on any atom is -0.385 e. The molecule has 0 aromatic heterocycles. The van der Waals surface area contributed by atoms with Crippen LogP contribution in [0.4, 0.5) is 0 Å². The van der Waals surface area contributed by atoms with Crippen LogP contribution in [0.1, 0.15) is 32.1 Å². The van der Waals surface area contributed by atoms with Gasteiger partial charge >= 0.3 is 0 Å². The lowest BCUT2D eigenvalue weighted by Crippen LogP contribution is -2.51. The highest BCUT2D eigenvalue weighted by atomic mass is 16.5. The van der Waals surface area contributed by atoms with E-state index >= 15 is 0 Å². The van der Waals surface area contributed by atoms with Crippen molar-refractivity contribution < 1.29 is 9.53 Å². The predicted molar refractivity (Wildman–Crippen MR) is 62.3 cm³/mol. The highest BCUT2D eigenvalue weighted by Gasteiger charge is 2.32. The molecule has 0 spiro atoms. The van der Waals surface area contributed by atoms with Crippen molar-refractivity contribution in [2.24, 2.45) is 0 Å². The average Bonchev–Trinajstić information content (AvgIpc) is 3.08. The van der Waals surface area contributed by atoms with E-state index in [4.69, 9.17) is 4.74 Å². The molecule has 2 aliphatic rings. The van der Waals surface area contributed by atoms with Gasteiger partial charge < -0.3 is 15.0 Å². The highest BCUT2D eigenvalue weighted by Crippen LogP contribution is 2.22. The van der Waals surface area contributed by atoms with Gasteiger partial charge in [0.2, 0.25) is 5.91 Å². The SMILES string of the molecule is COCCCN1CCCC(NC2CC2)C1=O. The number of nitrogens with one attached hydrogen (secondary N) is 1. The Balaban J connectivity index is 1.76. The molecular formula is C12H22N2O2. The number of carbonyl (C=O) groups is 1. The summed E-state index contributed by atoms with van der Waals surface area (Å²) >= 11 is 0. The van der Waals surface area contributed by atoms with Crippen molar-refractivity contribution in [2.75, 3.05) is 26.8 Å². The van der Waals surface area contributed by atoms with E-state index in [1.165, 1.54) is 12.8 Å². The van der Waals surface area contributed by atoms with Gasteiger partial charge in [0.1, 0.15) is 0 Å². The van der Waals surface area contributed by atoms with Crippen LogP contribution < -0.4 is 5.32 Å². The number of nitrogens with zero attached hydrogens (tertiary/aromatic N) is 1. The second-order valence-electron chi connectivity index (χ2n) is 4.81. The van der Waals surface area contributed by atoms with Gasteiger partial charge in [-0.05, 0) is 32.1 Å². The number of methoxy groups -OCH3 is 1. The van der Waals surface area contributed by atoms with Gasteiger partial charge in [0.05, 0.1) is 6.04 Å². The Morgan fingerprint density at radius 1 is 1.44 bits per heavy atom. The van der Waals surface area contributed by atoms with Gasteiger partial charge in [-0.15, -0.1) is 0 Å². The summed E-state index contributed by atoms with van der Waals surface area (Å²) in [5.74, 6) is 0.300. The van der Waals surface area contributed by atoms with Gasteiger partial charge in [-0.1, -0.05) is 0 Å². The summed E-state index contributed by atoms with van der Waals surface area (Å²) in [7, 11) is 1.70. The standard InChI is InChI=1S/C12H22N2O2/c1-16-9-3-8-14-7-2-4-11(12(14)15)13-10-5-6-10/h10-11,13H,2-9H2,1H3. The number of amides is 1. The summed E-state index contributed by atoms with van der Waals surface area (Å²) in [5.41, 5.74) is 0. The number of rotatable bonds is 6. The first-order chi connectivity index (χ1) is 7.81. The van der Waals surface area contributed by atoms with Crippen LogP contribution in [0.5, 0.6) is 0 Å². The lowest BCUT2D eigenvalue weighted by Gasteiger charge is -2.32. The summed E-state index contributed by atoms with van der Waals surface area (Å²) in [6, 6.07) is 0.705. The molecule has 2 fully saturated rings. The second kappa shape index (κ2) is 5.64. The van der Waals surface area contributed by atoms with Crippen LogP contribution in [0.2, 0.25) is 0 Å². The lowest BCUT2D eigenvalue weighted by atomic mass is 10.0. The van der Waals surface area contributed by atoms with E-state index < -0.39 is 0 Å². The van der Waals surface area contributed by atoms with Crippen molar-refractivity contribution >= 4 is 5.91 Å². The Hall–Kier alpha value is -0.610. The zero-order chi connectivity index (χ0) is 11.4. The molecule has 1 unspecified atom stereocenters. The molecule has 1 aliphatic heterocycles. The third kappa shape index (κ3) is 3.19. The maximum absolute atomic E-state index is 12.1. The van der Waals surface area contributed by atoms with E-state index in [-0.39, 0.29) is 6.04 Å². The molecule has 0 aromatic rings. The molecule has 92 valence electrons. The van der Waals surface area contributed by atoms with Crippen molar-refractivity contribution in [2.45, 2.75) is 44.2 Å². The summed E-state index contributed by atoms with van der Waals surface area (Å²) in [6.45, 7) is 2.51. The van der Waals surface area contributed by atoms with Crippen molar-refractivity contribution in [1.29, 1.82) is 0 Å². The predicted octanol–water partition coefficient (Wildman–Crippen LogP) is 0.766. The number of likely N-dealkylation sites (tertiary alicyclic amines) is 1. The van der Waals surface area contributed by atoms with E-state index in [9.17, 15) is 4.79 Å². The molecule has 1 N–H and O–H groups in total. The molecule has 1 heterocycles. The van der Waals surface area contributed by atoms with Crippen LogP contribution in [-0.4, -0.2) is 49.7 Å². The molecule has 2 rings (SSSR count). The highest BCUT2D eigenvalue weighted by molar-refractivity contribution is 5.82. The summed E-state index contributed by atoms with van der Waals surface area (Å²) < 4.78 is 5.02. The molecule has 16 heavy (non-hydrogen) atoms. The average molecular weight is 226 g/mol. The topological polar surface area (TPSA) is 41.6 Å². The first-order valence-electron chi connectivity index (χ1n) is 6.35.